The molecule has 3 aromatic rings. The van der Waals surface area contributed by atoms with Crippen molar-refractivity contribution < 1.29 is 18.0 Å². The summed E-state index contributed by atoms with van der Waals surface area (Å²) in [5.41, 5.74) is 3.88. The Morgan fingerprint density at radius 1 is 0.914 bits per heavy atom. The van der Waals surface area contributed by atoms with Crippen molar-refractivity contribution >= 4 is 39.1 Å². The third kappa shape index (κ3) is 4.51. The van der Waals surface area contributed by atoms with Gasteiger partial charge in [-0.1, -0.05) is 54.1 Å². The zero-order valence-electron chi connectivity index (χ0n) is 20.1. The molecule has 6 nitrogen and oxygen atoms in total. The molecule has 1 fully saturated rings. The van der Waals surface area contributed by atoms with Gasteiger partial charge in [-0.25, -0.2) is 13.3 Å². The molecule has 8 heteroatoms. The summed E-state index contributed by atoms with van der Waals surface area (Å²) in [4.78, 5) is 27.8. The Morgan fingerprint density at radius 2 is 1.49 bits per heavy atom. The van der Waals surface area contributed by atoms with E-state index in [1.54, 1.807) is 68.4 Å². The Morgan fingerprint density at radius 3 is 2.09 bits per heavy atom. The first kappa shape index (κ1) is 25.1. The van der Waals surface area contributed by atoms with E-state index in [1.807, 2.05) is 19.9 Å². The van der Waals surface area contributed by atoms with Crippen LogP contribution in [0.2, 0.25) is 5.02 Å². The average molecular weight is 511 g/mol. The highest BCUT2D eigenvalue weighted by Gasteiger charge is 2.47. The van der Waals surface area contributed by atoms with Crippen LogP contribution < -0.4 is 4.90 Å². The molecule has 35 heavy (non-hydrogen) atoms. The summed E-state index contributed by atoms with van der Waals surface area (Å²) in [7, 11) is -4.19. The van der Waals surface area contributed by atoms with Crippen LogP contribution in [0.15, 0.2) is 65.6 Å². The quantitative estimate of drug-likeness (QED) is 0.432. The number of amides is 2. The Labute approximate surface area is 211 Å². The van der Waals surface area contributed by atoms with Gasteiger partial charge < -0.3 is 0 Å². The lowest BCUT2D eigenvalue weighted by Crippen LogP contribution is -2.45. The van der Waals surface area contributed by atoms with Gasteiger partial charge in [-0.3, -0.25) is 9.59 Å². The van der Waals surface area contributed by atoms with Gasteiger partial charge in [-0.15, -0.1) is 0 Å². The van der Waals surface area contributed by atoms with E-state index in [4.69, 9.17) is 11.6 Å². The number of rotatable bonds is 6. The maximum atomic E-state index is 14.3. The summed E-state index contributed by atoms with van der Waals surface area (Å²) in [5, 5.41) is 0.387. The average Bonchev–Trinajstić information content (AvgIpc) is 3.11. The van der Waals surface area contributed by atoms with E-state index < -0.39 is 27.9 Å². The predicted molar refractivity (Wildman–Crippen MR) is 137 cm³/mol. The fourth-order valence-corrected chi connectivity index (χ4v) is 6.87. The summed E-state index contributed by atoms with van der Waals surface area (Å²) in [6, 6.07) is 16.2. The van der Waals surface area contributed by atoms with Crippen molar-refractivity contribution in [3.63, 3.8) is 0 Å². The van der Waals surface area contributed by atoms with E-state index in [2.05, 4.69) is 0 Å². The normalized spacial score (nSPS) is 16.4. The van der Waals surface area contributed by atoms with Crippen molar-refractivity contribution in [1.29, 1.82) is 0 Å². The fraction of sp³-hybridized carbons (Fsp3) is 0.259. The second kappa shape index (κ2) is 9.57. The van der Waals surface area contributed by atoms with Crippen molar-refractivity contribution in [3.05, 3.63) is 93.5 Å². The molecule has 0 aromatic heterocycles. The Bertz CT molecular complexity index is 1390. The summed E-state index contributed by atoms with van der Waals surface area (Å²) < 4.78 is 29.7. The van der Waals surface area contributed by atoms with Crippen LogP contribution in [0.4, 0.5) is 5.69 Å². The van der Waals surface area contributed by atoms with Gasteiger partial charge >= 0.3 is 0 Å². The van der Waals surface area contributed by atoms with Gasteiger partial charge in [-0.05, 0) is 73.7 Å². The van der Waals surface area contributed by atoms with E-state index in [1.165, 1.54) is 0 Å². The number of hydrogen-bond donors (Lipinski definition) is 0. The number of sulfonamides is 1. The van der Waals surface area contributed by atoms with Gasteiger partial charge in [0.2, 0.25) is 15.9 Å². The Kier molecular flexibility index (Phi) is 6.86. The highest BCUT2D eigenvalue weighted by atomic mass is 35.5. The topological polar surface area (TPSA) is 74.8 Å². The first-order valence-electron chi connectivity index (χ1n) is 11.3. The first-order valence-corrected chi connectivity index (χ1v) is 13.1. The molecule has 0 N–H and O–H groups in total. The molecule has 1 heterocycles. The number of para-hydroxylation sites is 1. The third-order valence-corrected chi connectivity index (χ3v) is 9.13. The van der Waals surface area contributed by atoms with Gasteiger partial charge in [0.1, 0.15) is 6.04 Å². The predicted octanol–water partition coefficient (Wildman–Crippen LogP) is 5.10. The van der Waals surface area contributed by atoms with Crippen molar-refractivity contribution in [1.82, 2.24) is 4.31 Å². The summed E-state index contributed by atoms with van der Waals surface area (Å²) in [5.74, 6) is -1.02. The zero-order valence-corrected chi connectivity index (χ0v) is 21.7. The van der Waals surface area contributed by atoms with Crippen LogP contribution in [-0.4, -0.2) is 30.6 Å². The second-order valence-electron chi connectivity index (χ2n) is 8.85. The lowest BCUT2D eigenvalue weighted by atomic mass is 10.0. The van der Waals surface area contributed by atoms with Gasteiger partial charge in [-0.2, -0.15) is 4.31 Å². The van der Waals surface area contributed by atoms with Crippen LogP contribution in [0.1, 0.15) is 34.2 Å². The molecule has 0 spiro atoms. The minimum absolute atomic E-state index is 0.139. The van der Waals surface area contributed by atoms with Crippen molar-refractivity contribution in [3.8, 4) is 0 Å². The minimum Gasteiger partial charge on any atom is -0.274 e. The minimum atomic E-state index is -4.19. The molecule has 0 aliphatic carbocycles. The molecule has 1 aliphatic rings. The molecule has 1 atom stereocenters. The van der Waals surface area contributed by atoms with E-state index in [0.717, 1.165) is 20.3 Å². The molecule has 3 aromatic carbocycles. The third-order valence-electron chi connectivity index (χ3n) is 6.63. The number of hydrogen-bond acceptors (Lipinski definition) is 4. The zero-order chi connectivity index (χ0) is 25.5. The van der Waals surface area contributed by atoms with E-state index in [9.17, 15) is 18.0 Å². The highest BCUT2D eigenvalue weighted by molar-refractivity contribution is 7.89. The molecule has 0 radical (unpaired) electrons. The van der Waals surface area contributed by atoms with Crippen LogP contribution in [0.3, 0.4) is 0 Å². The first-order chi connectivity index (χ1) is 16.5. The van der Waals surface area contributed by atoms with Gasteiger partial charge in [0.15, 0.2) is 0 Å². The smallest absolute Gasteiger partial charge is 0.252 e. The van der Waals surface area contributed by atoms with Gasteiger partial charge in [0.25, 0.3) is 5.91 Å². The van der Waals surface area contributed by atoms with Crippen LogP contribution in [0.25, 0.3) is 0 Å². The summed E-state index contributed by atoms with van der Waals surface area (Å²) >= 11 is 6.39. The van der Waals surface area contributed by atoms with E-state index in [0.29, 0.717) is 27.4 Å². The second-order valence-corrected chi connectivity index (χ2v) is 11.1. The molecular weight excluding hydrogens is 484 g/mol. The van der Waals surface area contributed by atoms with Gasteiger partial charge in [0.05, 0.1) is 17.0 Å². The van der Waals surface area contributed by atoms with E-state index >= 15 is 0 Å². The summed E-state index contributed by atoms with van der Waals surface area (Å²) in [6.07, 6.45) is -0.250. The standard InChI is InChI=1S/C27H27ClN2O4S/c1-17-14-18(2)20(4)26(19(17)3)35(33,34)29(16-21-10-8-9-13-23(21)28)24-15-25(31)30(27(24)32)22-11-6-5-7-12-22/h5-14,24H,15-16H2,1-4H3. The SMILES string of the molecule is Cc1cc(C)c(C)c(S(=O)(=O)N(Cc2ccccc2Cl)C2CC(=O)N(c3ccccc3)C2=O)c1C. The molecule has 1 aliphatic heterocycles. The number of carbonyl (C=O) groups excluding carboxylic acids is 2. The maximum Gasteiger partial charge on any atom is 0.252 e. The Hall–Kier alpha value is -3.00. The summed E-state index contributed by atoms with van der Waals surface area (Å²) in [6.45, 7) is 7.11. The number of anilines is 1. The lowest BCUT2D eigenvalue weighted by Gasteiger charge is -2.29. The number of nitrogens with zero attached hydrogens (tertiary/aromatic N) is 2. The van der Waals surface area contributed by atoms with Crippen LogP contribution in [0.5, 0.6) is 0 Å². The number of benzene rings is 3. The number of aryl methyl sites for hydroxylation is 2. The van der Waals surface area contributed by atoms with Crippen molar-refractivity contribution in [2.75, 3.05) is 4.90 Å². The van der Waals surface area contributed by atoms with Crippen LogP contribution >= 0.6 is 11.6 Å². The molecule has 1 unspecified atom stereocenters. The molecule has 0 saturated carbocycles. The van der Waals surface area contributed by atoms with Crippen molar-refractivity contribution in [2.24, 2.45) is 0 Å². The fourth-order valence-electron chi connectivity index (χ4n) is 4.53. The monoisotopic (exact) mass is 510 g/mol. The number of halogens is 1. The number of carbonyl (C=O) groups is 2. The molecule has 182 valence electrons. The number of imide groups is 1. The molecular formula is C27H27ClN2O4S. The van der Waals surface area contributed by atoms with Crippen LogP contribution in [0, 0.1) is 27.7 Å². The molecule has 2 amide bonds. The maximum absolute atomic E-state index is 14.3. The molecule has 1 saturated heterocycles. The van der Waals surface area contributed by atoms with Crippen LogP contribution in [-0.2, 0) is 26.2 Å². The highest BCUT2D eigenvalue weighted by Crippen LogP contribution is 2.35. The molecule has 4 rings (SSSR count). The lowest BCUT2D eigenvalue weighted by molar-refractivity contribution is -0.122. The van der Waals surface area contributed by atoms with Crippen molar-refractivity contribution in [2.45, 2.75) is 51.6 Å². The van der Waals surface area contributed by atoms with Gasteiger partial charge in [0, 0.05) is 11.6 Å². The Balaban J connectivity index is 1.87. The molecule has 0 bridgehead atoms. The largest absolute Gasteiger partial charge is 0.274 e. The van der Waals surface area contributed by atoms with E-state index in [-0.39, 0.29) is 17.9 Å².